The minimum absolute atomic E-state index is 0. The van der Waals surface area contributed by atoms with E-state index in [0.717, 1.165) is 155 Å². The maximum absolute atomic E-state index is 13.4. The van der Waals surface area contributed by atoms with E-state index in [0.29, 0.717) is 82.4 Å². The number of nitrogens with two attached hydrogens (primary N) is 4. The molecule has 4 aliphatic carbocycles. The molecule has 16 N–H and O–H groups in total. The number of carbonyl (C=O) groups is 4. The average molecular weight is 2110 g/mol. The second-order valence-corrected chi connectivity index (χ2v) is 42.3. The van der Waals surface area contributed by atoms with Crippen LogP contribution in [0.5, 0.6) is 0 Å². The molecule has 4 atom stereocenters. The molecule has 150 heavy (non-hydrogen) atoms. The van der Waals surface area contributed by atoms with Gasteiger partial charge < -0.3 is 65.5 Å². The summed E-state index contributed by atoms with van der Waals surface area (Å²) in [7, 11) is -3.44. The van der Waals surface area contributed by atoms with Gasteiger partial charge in [0, 0.05) is 64.7 Å². The van der Waals surface area contributed by atoms with E-state index in [9.17, 15) is 27.6 Å². The van der Waals surface area contributed by atoms with Crippen LogP contribution in [0.15, 0.2) is 319 Å². The summed E-state index contributed by atoms with van der Waals surface area (Å²) in [5.74, 6) is 1.89. The Morgan fingerprint density at radius 1 is 0.333 bits per heavy atom. The average Bonchev–Trinajstić information content (AvgIpc) is 0.967. The minimum Gasteiger partial charge on any atom is -0.326 e. The number of sulfone groups is 1. The molecule has 0 radical (unpaired) electrons. The molecule has 4 aromatic heterocycles. The van der Waals surface area contributed by atoms with Crippen LogP contribution >= 0.6 is 27.5 Å². The SMILES string of the molecule is C.C.Cc1cc(C(=O)Nc2cccc(C(NCC3CC3)c3ccc(C)c(Br)c3)c2)n(-c2cccc(CN)c2)n1.Cc1cc(C(=O)Nc2cccc(C(NCC3CC3)c3ccccc3Cl)c2)n(-c2cccc(CN)c2)n1.Cc1cc(C(=O)Nc2cccc(C(NCC3CC3)c3ccccc3S(C)(=O)=O)c2)n(-c2cccc(CN)c2)n1.Cc1ccc(C(NCC2CC2)c2cccc(NC(=O)c3cc(C)nn3-c3cccc(CN)c3)c2)cc1. The van der Waals surface area contributed by atoms with Crippen molar-refractivity contribution in [2.75, 3.05) is 53.7 Å². The molecule has 4 fully saturated rings. The fraction of sp³-hybridized carbons (Fsp3) is 0.273. The summed E-state index contributed by atoms with van der Waals surface area (Å²) in [5, 5.41) is 46.0. The maximum Gasteiger partial charge on any atom is 0.274 e. The Morgan fingerprint density at radius 3 is 0.927 bits per heavy atom. The van der Waals surface area contributed by atoms with Crippen LogP contribution in [0.1, 0.15) is 233 Å². The van der Waals surface area contributed by atoms with Gasteiger partial charge in [-0.25, -0.2) is 27.1 Å². The van der Waals surface area contributed by atoms with Crippen LogP contribution in [0.25, 0.3) is 22.7 Å². The normalized spacial score (nSPS) is 13.8. The van der Waals surface area contributed by atoms with E-state index < -0.39 is 9.84 Å². The topological polar surface area (TPSA) is 374 Å². The first-order chi connectivity index (χ1) is 71.6. The molecule has 0 bridgehead atoms. The Morgan fingerprint density at radius 2 is 0.613 bits per heavy atom. The second kappa shape index (κ2) is 50.8. The number of benzene rings is 12. The summed E-state index contributed by atoms with van der Waals surface area (Å²) in [5.41, 5.74) is 48.7. The monoisotopic (exact) mass is 2110 g/mol. The van der Waals surface area contributed by atoms with Crippen LogP contribution in [0.4, 0.5) is 22.7 Å². The van der Waals surface area contributed by atoms with Gasteiger partial charge in [-0.1, -0.05) is 218 Å². The zero-order chi connectivity index (χ0) is 104. The summed E-state index contributed by atoms with van der Waals surface area (Å²) in [6.45, 7) is 17.1. The molecule has 0 spiro atoms. The van der Waals surface area contributed by atoms with Crippen molar-refractivity contribution in [3.05, 3.63) is 442 Å². The molecule has 4 aliphatic rings. The Kier molecular flexibility index (Phi) is 37.3. The molecular weight excluding hydrogens is 1980 g/mol. The van der Waals surface area contributed by atoms with E-state index in [2.05, 4.69) is 172 Å². The highest BCUT2D eigenvalue weighted by molar-refractivity contribution is 9.10. The number of halogens is 2. The zero-order valence-electron chi connectivity index (χ0n) is 84.4. The van der Waals surface area contributed by atoms with E-state index in [1.165, 1.54) is 79.9 Å². The predicted molar refractivity (Wildman–Crippen MR) is 607 cm³/mol. The van der Waals surface area contributed by atoms with Crippen molar-refractivity contribution in [2.24, 2.45) is 46.6 Å². The third-order valence-corrected chi connectivity index (χ3v) is 29.1. The molecule has 20 rings (SSSR count). The van der Waals surface area contributed by atoms with Crippen LogP contribution in [-0.2, 0) is 36.0 Å². The highest BCUT2D eigenvalue weighted by atomic mass is 79.9. The molecule has 12 aromatic carbocycles. The third-order valence-electron chi connectivity index (χ3n) is 26.7. The number of nitrogens with zero attached hydrogens (tertiary/aromatic N) is 8. The van der Waals surface area contributed by atoms with Crippen molar-refractivity contribution in [2.45, 2.75) is 163 Å². The summed E-state index contributed by atoms with van der Waals surface area (Å²) < 4.78 is 32.9. The van der Waals surface area contributed by atoms with Gasteiger partial charge in [0.25, 0.3) is 23.6 Å². The number of aryl methyl sites for hydroxylation is 6. The van der Waals surface area contributed by atoms with Crippen LogP contribution in [0.2, 0.25) is 5.02 Å². The number of nitrogens with one attached hydrogen (secondary N) is 8. The Labute approximate surface area is 893 Å². The molecule has 16 aromatic rings. The first-order valence-corrected chi connectivity index (χ1v) is 53.6. The largest absolute Gasteiger partial charge is 0.326 e. The molecular formula is C121H136BrClN20O6S. The molecule has 776 valence electrons. The van der Waals surface area contributed by atoms with Gasteiger partial charge in [0.05, 0.1) is 74.6 Å². The summed E-state index contributed by atoms with van der Waals surface area (Å²) in [6.07, 6.45) is 11.3. The standard InChI is InChI=1S/C30H32BrN5O.C30H33N5O3S.C30H33N5O.C29H30ClN5O.2CH4/c1-19-9-12-24(16-27(19)31)29(33-18-21-10-11-21)23-6-4-7-25(15-23)34-30(37)28-13-20(2)35-36(28)26-8-3-5-22(14-26)17-32;1-20-15-27(35(34-20)25-10-5-7-22(16-25)18-31)30(36)33-24-9-6-8-23(17-24)29(32-19-21-13-14-21)26-11-3-4-12-28(26)39(2,37)38;1-20-9-13-24(14-10-20)29(32-19-22-11-12-22)25-6-4-7-26(17-25)33-30(36)28-15-21(2)34-35(28)27-8-3-5-23(16-27)18-31;1-19-14-27(35(34-19)24-9-4-6-21(15-24)17-31)29(36)33-23-8-5-7-22(16-23)28(32-18-20-12-13-20)25-10-2-3-11-26(25)30;;/h3-9,12-16,21,29,33H,10-11,17-18,32H2,1-2H3,(H,34,37);3-12,15-17,21,29,32H,13-14,18-19,31H2,1-2H3,(H,33,36);3-10,13-17,22,29,32H,11-12,18-19,31H2,1-2H3,(H,33,36);2-11,14-16,20,28,32H,12-13,17-18,31H2,1H3,(H,33,36);2*1H4. The van der Waals surface area contributed by atoms with Crippen molar-refractivity contribution in [3.8, 4) is 22.7 Å². The first kappa shape index (κ1) is 110. The third kappa shape index (κ3) is 29.1. The lowest BCUT2D eigenvalue weighted by Crippen LogP contribution is -2.26. The summed E-state index contributed by atoms with van der Waals surface area (Å²) in [6, 6.07) is 99.6. The summed E-state index contributed by atoms with van der Waals surface area (Å²) in [4.78, 5) is 53.9. The number of rotatable bonds is 37. The van der Waals surface area contributed by atoms with Crippen LogP contribution < -0.4 is 65.5 Å². The molecule has 26 nitrogen and oxygen atoms in total. The highest BCUT2D eigenvalue weighted by Crippen LogP contribution is 2.39. The van der Waals surface area contributed by atoms with Gasteiger partial charge in [0.2, 0.25) is 0 Å². The van der Waals surface area contributed by atoms with Gasteiger partial charge in [-0.15, -0.1) is 0 Å². The molecule has 4 heterocycles. The van der Waals surface area contributed by atoms with Crippen molar-refractivity contribution < 1.29 is 27.6 Å². The molecule has 0 saturated heterocycles. The molecule has 29 heteroatoms. The van der Waals surface area contributed by atoms with E-state index in [1.807, 2.05) is 222 Å². The van der Waals surface area contributed by atoms with E-state index in [1.54, 1.807) is 55.1 Å². The van der Waals surface area contributed by atoms with Gasteiger partial charge in [-0.2, -0.15) is 20.4 Å². The van der Waals surface area contributed by atoms with Crippen molar-refractivity contribution in [1.82, 2.24) is 60.4 Å². The lowest BCUT2D eigenvalue weighted by atomic mass is 9.97. The molecule has 4 amide bonds. The van der Waals surface area contributed by atoms with Gasteiger partial charge in [0.1, 0.15) is 22.8 Å². The van der Waals surface area contributed by atoms with Gasteiger partial charge in [0.15, 0.2) is 9.84 Å². The van der Waals surface area contributed by atoms with Gasteiger partial charge >= 0.3 is 0 Å². The Balaban J connectivity index is 0.000000149. The number of amides is 4. The fourth-order valence-electron chi connectivity index (χ4n) is 18.1. The van der Waals surface area contributed by atoms with E-state index in [4.69, 9.17) is 34.5 Å². The van der Waals surface area contributed by atoms with Gasteiger partial charge in [-0.3, -0.25) is 19.2 Å². The van der Waals surface area contributed by atoms with Crippen molar-refractivity contribution in [3.63, 3.8) is 0 Å². The fourth-order valence-corrected chi connectivity index (χ4v) is 19.6. The maximum atomic E-state index is 13.4. The predicted octanol–water partition coefficient (Wildman–Crippen LogP) is 22.6. The van der Waals surface area contributed by atoms with Crippen LogP contribution in [0.3, 0.4) is 0 Å². The van der Waals surface area contributed by atoms with Gasteiger partial charge in [-0.05, 0) is 355 Å². The lowest BCUT2D eigenvalue weighted by Gasteiger charge is -2.23. The lowest BCUT2D eigenvalue weighted by molar-refractivity contribution is 0.101. The van der Waals surface area contributed by atoms with Crippen molar-refractivity contribution in [1.29, 1.82) is 0 Å². The quantitative estimate of drug-likeness (QED) is 0.0172. The first-order valence-electron chi connectivity index (χ1n) is 50.5. The van der Waals surface area contributed by atoms with E-state index in [-0.39, 0.29) is 62.6 Å². The van der Waals surface area contributed by atoms with E-state index >= 15 is 0 Å². The molecule has 4 unspecified atom stereocenters. The molecule has 4 saturated carbocycles. The van der Waals surface area contributed by atoms with Crippen LogP contribution in [0, 0.1) is 65.2 Å². The number of carbonyl (C=O) groups excluding carboxylic acids is 4. The second-order valence-electron chi connectivity index (χ2n) is 39.0. The number of aromatic nitrogens is 8. The Hall–Kier alpha value is -14.2. The number of hydrogen-bond donors (Lipinski definition) is 12. The summed E-state index contributed by atoms with van der Waals surface area (Å²) >= 11 is 10.3. The van der Waals surface area contributed by atoms with Crippen LogP contribution in [-0.4, -0.2) is 104 Å². The smallest absolute Gasteiger partial charge is 0.274 e. The Bertz CT molecular complexity index is 7530. The minimum atomic E-state index is -3.44. The number of anilines is 4. The zero-order valence-corrected chi connectivity index (χ0v) is 87.5. The molecule has 0 aliphatic heterocycles. The number of hydrogen-bond acceptors (Lipinski definition) is 18. The highest BCUT2D eigenvalue weighted by Gasteiger charge is 2.32. The van der Waals surface area contributed by atoms with Crippen molar-refractivity contribution >= 4 is 83.7 Å².